The average molecular weight is 362 g/mol. The molecule has 0 heterocycles. The normalized spacial score (nSPS) is 20.7. The van der Waals surface area contributed by atoms with Crippen LogP contribution < -0.4 is 10.6 Å². The number of urea groups is 1. The van der Waals surface area contributed by atoms with Crippen molar-refractivity contribution in [2.75, 3.05) is 0 Å². The Morgan fingerprint density at radius 3 is 2.40 bits per heavy atom. The fourth-order valence-corrected chi connectivity index (χ4v) is 3.74. The summed E-state index contributed by atoms with van der Waals surface area (Å²) in [6.45, 7) is 0. The van der Waals surface area contributed by atoms with Crippen LogP contribution in [0, 0.1) is 5.41 Å². The van der Waals surface area contributed by atoms with Crippen molar-refractivity contribution in [2.45, 2.75) is 56.8 Å². The summed E-state index contributed by atoms with van der Waals surface area (Å²) in [4.78, 5) is 12.0. The number of amides is 2. The van der Waals surface area contributed by atoms with E-state index in [0.717, 1.165) is 43.9 Å². The molecule has 2 amide bonds. The van der Waals surface area contributed by atoms with Gasteiger partial charge < -0.3 is 10.6 Å². The zero-order valence-electron chi connectivity index (χ0n) is 13.4. The minimum atomic E-state index is -4.63. The van der Waals surface area contributed by atoms with Crippen LogP contribution in [-0.2, 0) is 6.18 Å². The third-order valence-electron chi connectivity index (χ3n) is 5.22. The van der Waals surface area contributed by atoms with Gasteiger partial charge in [0.2, 0.25) is 0 Å². The number of alkyl halides is 5. The Labute approximate surface area is 142 Å². The number of nitrogens with one attached hydrogen (secondary N) is 2. The second kappa shape index (κ2) is 6.46. The SMILES string of the molecule is O=C(NC1CC2(CCC2)C1)NC(c1cccc(C(F)(F)F)c1)C(F)F. The summed E-state index contributed by atoms with van der Waals surface area (Å²) in [6, 6.07) is 1.03. The van der Waals surface area contributed by atoms with E-state index >= 15 is 0 Å². The van der Waals surface area contributed by atoms with E-state index in [9.17, 15) is 26.7 Å². The number of halogens is 5. The lowest BCUT2D eigenvalue weighted by Crippen LogP contribution is -2.56. The van der Waals surface area contributed by atoms with Crippen LogP contribution in [0.3, 0.4) is 0 Å². The van der Waals surface area contributed by atoms with Crippen molar-refractivity contribution >= 4 is 6.03 Å². The number of carbonyl (C=O) groups is 1. The van der Waals surface area contributed by atoms with Gasteiger partial charge in [-0.15, -0.1) is 0 Å². The van der Waals surface area contributed by atoms with Crippen molar-refractivity contribution < 1.29 is 26.7 Å². The van der Waals surface area contributed by atoms with Crippen LogP contribution >= 0.6 is 0 Å². The summed E-state index contributed by atoms with van der Waals surface area (Å²) in [5, 5.41) is 4.74. The van der Waals surface area contributed by atoms with Crippen molar-refractivity contribution in [2.24, 2.45) is 5.41 Å². The molecule has 0 radical (unpaired) electrons. The van der Waals surface area contributed by atoms with Crippen molar-refractivity contribution in [1.82, 2.24) is 10.6 Å². The van der Waals surface area contributed by atoms with E-state index in [1.165, 1.54) is 6.42 Å². The molecule has 2 N–H and O–H groups in total. The molecule has 1 aromatic rings. The molecule has 2 aliphatic carbocycles. The molecular formula is C17H19F5N2O. The molecule has 1 aromatic carbocycles. The van der Waals surface area contributed by atoms with Gasteiger partial charge >= 0.3 is 12.2 Å². The van der Waals surface area contributed by atoms with Gasteiger partial charge in [-0.25, -0.2) is 13.6 Å². The van der Waals surface area contributed by atoms with E-state index in [0.29, 0.717) is 11.5 Å². The first kappa shape index (κ1) is 17.9. The van der Waals surface area contributed by atoms with Gasteiger partial charge in [-0.2, -0.15) is 13.2 Å². The Balaban J connectivity index is 1.62. The Hall–Kier alpha value is -1.86. The summed E-state index contributed by atoms with van der Waals surface area (Å²) in [6.07, 6.45) is -2.52. The highest BCUT2D eigenvalue weighted by Crippen LogP contribution is 2.55. The van der Waals surface area contributed by atoms with Crippen molar-refractivity contribution in [3.05, 3.63) is 35.4 Å². The second-order valence-corrected chi connectivity index (χ2v) is 7.01. The van der Waals surface area contributed by atoms with Gasteiger partial charge in [-0.05, 0) is 48.8 Å². The van der Waals surface area contributed by atoms with E-state index in [4.69, 9.17) is 0 Å². The van der Waals surface area contributed by atoms with Gasteiger partial charge in [0.15, 0.2) is 0 Å². The molecule has 3 rings (SSSR count). The smallest absolute Gasteiger partial charge is 0.335 e. The van der Waals surface area contributed by atoms with Crippen molar-refractivity contribution in [1.29, 1.82) is 0 Å². The maximum absolute atomic E-state index is 13.3. The van der Waals surface area contributed by atoms with Crippen molar-refractivity contribution in [3.63, 3.8) is 0 Å². The fraction of sp³-hybridized carbons (Fsp3) is 0.588. The molecule has 3 nitrogen and oxygen atoms in total. The first-order valence-electron chi connectivity index (χ1n) is 8.21. The second-order valence-electron chi connectivity index (χ2n) is 7.01. The number of benzene rings is 1. The van der Waals surface area contributed by atoms with Gasteiger partial charge in [0.1, 0.15) is 6.04 Å². The van der Waals surface area contributed by atoms with E-state index in [1.54, 1.807) is 0 Å². The van der Waals surface area contributed by atoms with Crippen LogP contribution in [0.4, 0.5) is 26.7 Å². The molecule has 8 heteroatoms. The lowest BCUT2D eigenvalue weighted by Gasteiger charge is -2.54. The van der Waals surface area contributed by atoms with Gasteiger partial charge in [0.05, 0.1) is 5.56 Å². The fourth-order valence-electron chi connectivity index (χ4n) is 3.74. The number of hydrogen-bond donors (Lipinski definition) is 2. The summed E-state index contributed by atoms with van der Waals surface area (Å²) in [5.74, 6) is 0. The minimum absolute atomic E-state index is 0.0554. The summed E-state index contributed by atoms with van der Waals surface area (Å²) >= 11 is 0. The zero-order valence-corrected chi connectivity index (χ0v) is 13.4. The summed E-state index contributed by atoms with van der Waals surface area (Å²) in [7, 11) is 0. The topological polar surface area (TPSA) is 41.1 Å². The molecular weight excluding hydrogens is 343 g/mol. The van der Waals surface area contributed by atoms with Gasteiger partial charge in [0.25, 0.3) is 6.43 Å². The number of rotatable bonds is 4. The molecule has 1 unspecified atom stereocenters. The summed E-state index contributed by atoms with van der Waals surface area (Å²) in [5.41, 5.74) is -0.978. The molecule has 2 fully saturated rings. The lowest BCUT2D eigenvalue weighted by atomic mass is 9.54. The molecule has 0 aliphatic heterocycles. The summed E-state index contributed by atoms with van der Waals surface area (Å²) < 4.78 is 64.8. The van der Waals surface area contributed by atoms with Crippen LogP contribution in [0.5, 0.6) is 0 Å². The van der Waals surface area contributed by atoms with Crippen LogP contribution in [0.25, 0.3) is 0 Å². The Kier molecular flexibility index (Phi) is 4.64. The predicted molar refractivity (Wildman–Crippen MR) is 81.2 cm³/mol. The van der Waals surface area contributed by atoms with Crippen LogP contribution in [0.1, 0.15) is 49.3 Å². The lowest BCUT2D eigenvalue weighted by molar-refractivity contribution is -0.137. The molecule has 2 aliphatic rings. The van der Waals surface area contributed by atoms with Gasteiger partial charge in [-0.3, -0.25) is 0 Å². The highest BCUT2D eigenvalue weighted by atomic mass is 19.4. The van der Waals surface area contributed by atoms with Crippen LogP contribution in [-0.4, -0.2) is 18.5 Å². The van der Waals surface area contributed by atoms with E-state index in [2.05, 4.69) is 10.6 Å². The first-order chi connectivity index (χ1) is 11.7. The largest absolute Gasteiger partial charge is 0.416 e. The van der Waals surface area contributed by atoms with Crippen LogP contribution in [0.2, 0.25) is 0 Å². The van der Waals surface area contributed by atoms with E-state index in [1.807, 2.05) is 0 Å². The van der Waals surface area contributed by atoms with E-state index in [-0.39, 0.29) is 11.6 Å². The first-order valence-corrected chi connectivity index (χ1v) is 8.21. The predicted octanol–water partition coefficient (Wildman–Crippen LogP) is 4.64. The molecule has 0 aromatic heterocycles. The van der Waals surface area contributed by atoms with Crippen molar-refractivity contribution in [3.8, 4) is 0 Å². The Morgan fingerprint density at radius 2 is 1.88 bits per heavy atom. The molecule has 25 heavy (non-hydrogen) atoms. The van der Waals surface area contributed by atoms with E-state index < -0.39 is 30.2 Å². The maximum Gasteiger partial charge on any atom is 0.416 e. The quantitative estimate of drug-likeness (QED) is 0.753. The monoisotopic (exact) mass is 362 g/mol. The Morgan fingerprint density at radius 1 is 1.20 bits per heavy atom. The number of carbonyl (C=O) groups excluding carboxylic acids is 1. The zero-order chi connectivity index (χ0) is 18.2. The minimum Gasteiger partial charge on any atom is -0.335 e. The molecule has 1 spiro atoms. The maximum atomic E-state index is 13.3. The molecule has 0 bridgehead atoms. The van der Waals surface area contributed by atoms with Gasteiger partial charge in [-0.1, -0.05) is 18.6 Å². The molecule has 1 atom stereocenters. The third-order valence-corrected chi connectivity index (χ3v) is 5.22. The highest BCUT2D eigenvalue weighted by molar-refractivity contribution is 5.75. The highest BCUT2D eigenvalue weighted by Gasteiger charge is 2.48. The standard InChI is InChI=1S/C17H19F5N2O/c18-14(19)13(10-3-1-4-11(7-10)17(20,21)22)24-15(25)23-12-8-16(9-12)5-2-6-16/h1,3-4,7,12-14H,2,5-6,8-9H2,(H2,23,24,25). The Bertz CT molecular complexity index is 634. The molecule has 0 saturated heterocycles. The third kappa shape index (κ3) is 3.88. The molecule has 2 saturated carbocycles. The van der Waals surface area contributed by atoms with Gasteiger partial charge in [0, 0.05) is 6.04 Å². The van der Waals surface area contributed by atoms with Crippen LogP contribution in [0.15, 0.2) is 24.3 Å². The number of hydrogen-bond acceptors (Lipinski definition) is 1. The average Bonchev–Trinajstić information content (AvgIpc) is 2.45. The molecule has 138 valence electrons.